The summed E-state index contributed by atoms with van der Waals surface area (Å²) in [6.45, 7) is 1.59. The maximum Gasteiger partial charge on any atom is 0.159 e. The van der Waals surface area contributed by atoms with E-state index in [-0.39, 0.29) is 5.78 Å². The predicted molar refractivity (Wildman–Crippen MR) is 93.9 cm³/mol. The van der Waals surface area contributed by atoms with Gasteiger partial charge >= 0.3 is 0 Å². The number of ketones is 1. The van der Waals surface area contributed by atoms with Crippen LogP contribution in [0.5, 0.6) is 5.75 Å². The van der Waals surface area contributed by atoms with Gasteiger partial charge in [0, 0.05) is 5.56 Å². The van der Waals surface area contributed by atoms with Crippen LogP contribution in [-0.4, -0.2) is 12.9 Å². The van der Waals surface area contributed by atoms with E-state index in [0.29, 0.717) is 0 Å². The molecule has 0 aromatic heterocycles. The molecule has 0 aliphatic carbocycles. The van der Waals surface area contributed by atoms with Crippen molar-refractivity contribution in [2.24, 2.45) is 0 Å². The number of rotatable bonds is 4. The molecule has 114 valence electrons. The van der Waals surface area contributed by atoms with Crippen LogP contribution in [0, 0.1) is 0 Å². The van der Waals surface area contributed by atoms with Gasteiger partial charge in [-0.25, -0.2) is 0 Å². The van der Waals surface area contributed by atoms with E-state index in [2.05, 4.69) is 18.2 Å². The van der Waals surface area contributed by atoms with Crippen LogP contribution in [0.25, 0.3) is 22.3 Å². The number of ether oxygens (including phenoxy) is 1. The van der Waals surface area contributed by atoms with Crippen molar-refractivity contribution in [1.82, 2.24) is 0 Å². The third-order valence-electron chi connectivity index (χ3n) is 3.89. The average Bonchev–Trinajstić information content (AvgIpc) is 2.62. The smallest absolute Gasteiger partial charge is 0.159 e. The number of Topliss-reactive ketones (excluding diaryl/α,β-unsaturated/α-hetero) is 1. The molecule has 3 aromatic carbocycles. The molecule has 2 heteroatoms. The SMILES string of the molecule is COc1ccc(-c2cccc(-c3cccc(C(C)=O)c3)c2)cc1. The van der Waals surface area contributed by atoms with Gasteiger partial charge in [0.2, 0.25) is 0 Å². The van der Waals surface area contributed by atoms with Gasteiger partial charge < -0.3 is 4.74 Å². The number of benzene rings is 3. The van der Waals surface area contributed by atoms with Gasteiger partial charge in [0.25, 0.3) is 0 Å². The van der Waals surface area contributed by atoms with E-state index < -0.39 is 0 Å². The van der Waals surface area contributed by atoms with Gasteiger partial charge in [0.1, 0.15) is 5.75 Å². The molecule has 3 aromatic rings. The minimum atomic E-state index is 0.0816. The van der Waals surface area contributed by atoms with Gasteiger partial charge in [-0.15, -0.1) is 0 Å². The van der Waals surface area contributed by atoms with Crippen LogP contribution >= 0.6 is 0 Å². The Morgan fingerprint density at radius 1 is 0.739 bits per heavy atom. The molecule has 0 saturated carbocycles. The van der Waals surface area contributed by atoms with Crippen molar-refractivity contribution >= 4 is 5.78 Å². The second-order valence-electron chi connectivity index (χ2n) is 5.45. The second kappa shape index (κ2) is 6.49. The molecular weight excluding hydrogens is 284 g/mol. The fourth-order valence-electron chi connectivity index (χ4n) is 2.58. The lowest BCUT2D eigenvalue weighted by Crippen LogP contribution is -1.91. The minimum Gasteiger partial charge on any atom is -0.497 e. The van der Waals surface area contributed by atoms with Gasteiger partial charge in [-0.05, 0) is 53.4 Å². The summed E-state index contributed by atoms with van der Waals surface area (Å²) in [5.74, 6) is 0.928. The quantitative estimate of drug-likeness (QED) is 0.617. The van der Waals surface area contributed by atoms with Crippen LogP contribution in [0.15, 0.2) is 72.8 Å². The highest BCUT2D eigenvalue weighted by molar-refractivity contribution is 5.95. The Morgan fingerprint density at radius 3 is 1.91 bits per heavy atom. The summed E-state index contributed by atoms with van der Waals surface area (Å²) < 4.78 is 5.20. The summed E-state index contributed by atoms with van der Waals surface area (Å²) in [5.41, 5.74) is 5.15. The summed E-state index contributed by atoms with van der Waals surface area (Å²) >= 11 is 0. The van der Waals surface area contributed by atoms with Gasteiger partial charge in [-0.1, -0.05) is 48.5 Å². The summed E-state index contributed by atoms with van der Waals surface area (Å²) in [6.07, 6.45) is 0. The van der Waals surface area contributed by atoms with Gasteiger partial charge in [-0.2, -0.15) is 0 Å². The van der Waals surface area contributed by atoms with Crippen LogP contribution in [0.2, 0.25) is 0 Å². The lowest BCUT2D eigenvalue weighted by molar-refractivity contribution is 0.101. The lowest BCUT2D eigenvalue weighted by atomic mass is 9.97. The molecule has 0 aliphatic heterocycles. The zero-order valence-corrected chi connectivity index (χ0v) is 13.2. The molecule has 0 heterocycles. The van der Waals surface area contributed by atoms with Crippen LogP contribution in [0.1, 0.15) is 17.3 Å². The maximum absolute atomic E-state index is 11.6. The summed E-state index contributed by atoms with van der Waals surface area (Å²) in [5, 5.41) is 0. The Bertz CT molecular complexity index is 832. The van der Waals surface area contributed by atoms with E-state index in [1.807, 2.05) is 54.6 Å². The molecule has 0 amide bonds. The zero-order chi connectivity index (χ0) is 16.2. The Balaban J connectivity index is 1.99. The monoisotopic (exact) mass is 302 g/mol. The van der Waals surface area contributed by atoms with E-state index in [1.165, 1.54) is 0 Å². The Hall–Kier alpha value is -2.87. The molecule has 2 nitrogen and oxygen atoms in total. The Morgan fingerprint density at radius 2 is 1.30 bits per heavy atom. The van der Waals surface area contributed by atoms with Crippen LogP contribution < -0.4 is 4.74 Å². The van der Waals surface area contributed by atoms with Gasteiger partial charge in [0.15, 0.2) is 5.78 Å². The number of carbonyl (C=O) groups is 1. The van der Waals surface area contributed by atoms with Crippen molar-refractivity contribution in [1.29, 1.82) is 0 Å². The highest BCUT2D eigenvalue weighted by atomic mass is 16.5. The molecule has 3 rings (SSSR count). The largest absolute Gasteiger partial charge is 0.497 e. The van der Waals surface area contributed by atoms with E-state index >= 15 is 0 Å². The van der Waals surface area contributed by atoms with Gasteiger partial charge in [0.05, 0.1) is 7.11 Å². The third kappa shape index (κ3) is 3.32. The van der Waals surface area contributed by atoms with Crippen molar-refractivity contribution in [3.63, 3.8) is 0 Å². The van der Waals surface area contributed by atoms with Gasteiger partial charge in [-0.3, -0.25) is 4.79 Å². The molecule has 0 N–H and O–H groups in total. The molecule has 0 unspecified atom stereocenters. The topological polar surface area (TPSA) is 26.3 Å². The molecule has 23 heavy (non-hydrogen) atoms. The molecular formula is C21H18O2. The first-order chi connectivity index (χ1) is 11.2. The van der Waals surface area contributed by atoms with E-state index in [4.69, 9.17) is 4.74 Å². The molecule has 0 fully saturated rings. The number of carbonyl (C=O) groups excluding carboxylic acids is 1. The fraction of sp³-hybridized carbons (Fsp3) is 0.0952. The van der Waals surface area contributed by atoms with Crippen molar-refractivity contribution in [2.75, 3.05) is 7.11 Å². The minimum absolute atomic E-state index is 0.0816. The zero-order valence-electron chi connectivity index (χ0n) is 13.2. The van der Waals surface area contributed by atoms with E-state index in [1.54, 1.807) is 14.0 Å². The molecule has 0 aliphatic rings. The first-order valence-electron chi connectivity index (χ1n) is 7.53. The van der Waals surface area contributed by atoms with Crippen molar-refractivity contribution in [3.05, 3.63) is 78.4 Å². The Labute approximate surface area is 136 Å². The van der Waals surface area contributed by atoms with Crippen molar-refractivity contribution < 1.29 is 9.53 Å². The first kappa shape index (κ1) is 15.0. The van der Waals surface area contributed by atoms with E-state index in [9.17, 15) is 4.79 Å². The highest BCUT2D eigenvalue weighted by Gasteiger charge is 2.05. The maximum atomic E-state index is 11.6. The molecule has 0 radical (unpaired) electrons. The van der Waals surface area contributed by atoms with Crippen LogP contribution in [-0.2, 0) is 0 Å². The summed E-state index contributed by atoms with van der Waals surface area (Å²) in [6, 6.07) is 24.1. The fourth-order valence-corrected chi connectivity index (χ4v) is 2.58. The molecule has 0 atom stereocenters. The standard InChI is InChI=1S/C21H18O2/c1-15(22)17-5-3-7-19(13-17)20-8-4-6-18(14-20)16-9-11-21(23-2)12-10-16/h3-14H,1-2H3. The second-order valence-corrected chi connectivity index (χ2v) is 5.45. The predicted octanol–water partition coefficient (Wildman–Crippen LogP) is 5.23. The number of methoxy groups -OCH3 is 1. The number of hydrogen-bond donors (Lipinski definition) is 0. The molecule has 0 bridgehead atoms. The Kier molecular flexibility index (Phi) is 4.24. The highest BCUT2D eigenvalue weighted by Crippen LogP contribution is 2.28. The molecule has 0 spiro atoms. The average molecular weight is 302 g/mol. The number of hydrogen-bond acceptors (Lipinski definition) is 2. The van der Waals surface area contributed by atoms with Crippen LogP contribution in [0.3, 0.4) is 0 Å². The summed E-state index contributed by atoms with van der Waals surface area (Å²) in [7, 11) is 1.66. The first-order valence-corrected chi connectivity index (χ1v) is 7.53. The van der Waals surface area contributed by atoms with Crippen LogP contribution in [0.4, 0.5) is 0 Å². The lowest BCUT2D eigenvalue weighted by Gasteiger charge is -2.08. The third-order valence-corrected chi connectivity index (χ3v) is 3.89. The molecule has 0 saturated heterocycles. The van der Waals surface area contributed by atoms with Crippen molar-refractivity contribution in [2.45, 2.75) is 6.92 Å². The van der Waals surface area contributed by atoms with Crippen molar-refractivity contribution in [3.8, 4) is 28.0 Å². The summed E-state index contributed by atoms with van der Waals surface area (Å²) in [4.78, 5) is 11.6. The normalized spacial score (nSPS) is 10.3. The van der Waals surface area contributed by atoms with E-state index in [0.717, 1.165) is 33.6 Å².